The second kappa shape index (κ2) is 5.59. The van der Waals surface area contributed by atoms with Gasteiger partial charge in [-0.1, -0.05) is 30.7 Å². The molecule has 3 atom stereocenters. The van der Waals surface area contributed by atoms with E-state index >= 15 is 0 Å². The third-order valence-electron chi connectivity index (χ3n) is 5.69. The van der Waals surface area contributed by atoms with Crippen LogP contribution in [0.1, 0.15) is 60.8 Å². The third-order valence-corrected chi connectivity index (χ3v) is 5.92. The van der Waals surface area contributed by atoms with Crippen molar-refractivity contribution in [3.8, 4) is 0 Å². The van der Waals surface area contributed by atoms with Gasteiger partial charge in [-0.3, -0.25) is 9.78 Å². The van der Waals surface area contributed by atoms with Crippen LogP contribution in [0.25, 0.3) is 0 Å². The zero-order valence-corrected chi connectivity index (χ0v) is 14.3. The minimum atomic E-state index is -0.743. The van der Waals surface area contributed by atoms with E-state index < -0.39 is 11.4 Å². The smallest absolute Gasteiger partial charge is 0.310 e. The van der Waals surface area contributed by atoms with Gasteiger partial charge in [-0.2, -0.15) is 0 Å². The van der Waals surface area contributed by atoms with E-state index in [0.717, 1.165) is 16.8 Å². The Kier molecular flexibility index (Phi) is 3.65. The molecule has 1 aromatic carbocycles. The van der Waals surface area contributed by atoms with Crippen molar-refractivity contribution in [2.45, 2.75) is 43.9 Å². The van der Waals surface area contributed by atoms with Crippen LogP contribution in [0, 0.1) is 5.41 Å². The Morgan fingerprint density at radius 3 is 2.54 bits per heavy atom. The molecule has 2 aliphatic carbocycles. The fraction of sp³-hybridized carbons (Fsp3) is 0.400. The lowest BCUT2D eigenvalue weighted by molar-refractivity contribution is -0.143. The number of benzene rings is 1. The number of carboxylic acids is 1. The Labute approximate surface area is 146 Å². The van der Waals surface area contributed by atoms with Gasteiger partial charge in [0.15, 0.2) is 0 Å². The number of aliphatic carboxylic acids is 1. The molecule has 0 aliphatic heterocycles. The summed E-state index contributed by atoms with van der Waals surface area (Å²) in [6, 6.07) is 11.7. The van der Waals surface area contributed by atoms with Crippen molar-refractivity contribution in [2.24, 2.45) is 5.41 Å². The molecule has 2 fully saturated rings. The van der Waals surface area contributed by atoms with Crippen molar-refractivity contribution in [1.29, 1.82) is 0 Å². The summed E-state index contributed by atoms with van der Waals surface area (Å²) in [5.74, 6) is -0.203. The molecule has 2 saturated carbocycles. The normalized spacial score (nSPS) is 28.6. The first-order valence-corrected chi connectivity index (χ1v) is 8.90. The van der Waals surface area contributed by atoms with E-state index in [1.54, 1.807) is 0 Å². The summed E-state index contributed by atoms with van der Waals surface area (Å²) in [6.45, 7) is 1.97. The molecule has 3 nitrogen and oxygen atoms in total. The van der Waals surface area contributed by atoms with Crippen LogP contribution in [0.3, 0.4) is 0 Å². The van der Waals surface area contributed by atoms with Crippen LogP contribution in [0.4, 0.5) is 0 Å². The van der Waals surface area contributed by atoms with E-state index in [1.165, 1.54) is 12.8 Å². The van der Waals surface area contributed by atoms with Crippen molar-refractivity contribution < 1.29 is 9.90 Å². The van der Waals surface area contributed by atoms with Crippen LogP contribution in [0.5, 0.6) is 0 Å². The van der Waals surface area contributed by atoms with Gasteiger partial charge in [0, 0.05) is 34.7 Å². The first-order chi connectivity index (χ1) is 11.6. The Morgan fingerprint density at radius 1 is 1.25 bits per heavy atom. The summed E-state index contributed by atoms with van der Waals surface area (Å²) in [5, 5.41) is 10.6. The quantitative estimate of drug-likeness (QED) is 0.834. The van der Waals surface area contributed by atoms with Gasteiger partial charge in [0.1, 0.15) is 0 Å². The molecule has 124 valence electrons. The monoisotopic (exact) mass is 341 g/mol. The number of hydrogen-bond donors (Lipinski definition) is 1. The molecule has 1 heterocycles. The molecule has 3 unspecified atom stereocenters. The predicted molar refractivity (Wildman–Crippen MR) is 93.5 cm³/mol. The van der Waals surface area contributed by atoms with E-state index in [9.17, 15) is 9.90 Å². The number of halogens is 1. The third kappa shape index (κ3) is 2.34. The van der Waals surface area contributed by atoms with E-state index in [4.69, 9.17) is 11.6 Å². The number of aromatic nitrogens is 1. The van der Waals surface area contributed by atoms with Crippen LogP contribution in [0.2, 0.25) is 5.02 Å². The van der Waals surface area contributed by atoms with Gasteiger partial charge in [-0.15, -0.1) is 0 Å². The van der Waals surface area contributed by atoms with Gasteiger partial charge in [0.05, 0.1) is 5.41 Å². The average Bonchev–Trinajstić information content (AvgIpc) is 3.47. The molecule has 0 radical (unpaired) electrons. The van der Waals surface area contributed by atoms with Gasteiger partial charge in [0.25, 0.3) is 0 Å². The molecule has 2 aliphatic rings. The summed E-state index contributed by atoms with van der Waals surface area (Å²) < 4.78 is 0. The van der Waals surface area contributed by atoms with Crippen LogP contribution >= 0.6 is 11.6 Å². The topological polar surface area (TPSA) is 50.2 Å². The van der Waals surface area contributed by atoms with Crippen molar-refractivity contribution in [3.05, 3.63) is 64.4 Å². The molecule has 0 saturated heterocycles. The van der Waals surface area contributed by atoms with Gasteiger partial charge in [-0.25, -0.2) is 0 Å². The molecular weight excluding hydrogens is 322 g/mol. The van der Waals surface area contributed by atoms with Crippen LogP contribution < -0.4 is 0 Å². The molecule has 2 aromatic rings. The van der Waals surface area contributed by atoms with E-state index in [1.807, 2.05) is 43.5 Å². The average molecular weight is 342 g/mol. The second-order valence-corrected chi connectivity index (χ2v) is 7.43. The summed E-state index contributed by atoms with van der Waals surface area (Å²) >= 11 is 6.14. The van der Waals surface area contributed by atoms with Gasteiger partial charge >= 0.3 is 5.97 Å². The minimum Gasteiger partial charge on any atom is -0.481 e. The maximum Gasteiger partial charge on any atom is 0.310 e. The number of carboxylic acid groups (broad SMARTS) is 1. The minimum absolute atomic E-state index is 0.0148. The summed E-state index contributed by atoms with van der Waals surface area (Å²) in [6.07, 6.45) is 4.82. The predicted octanol–water partition coefficient (Wildman–Crippen LogP) is 4.97. The Bertz CT molecular complexity index is 802. The van der Waals surface area contributed by atoms with Crippen LogP contribution in [0.15, 0.2) is 42.6 Å². The summed E-state index contributed by atoms with van der Waals surface area (Å²) in [4.78, 5) is 16.6. The molecular formula is C20H20ClNO2. The van der Waals surface area contributed by atoms with E-state index in [0.29, 0.717) is 17.4 Å². The van der Waals surface area contributed by atoms with E-state index in [-0.39, 0.29) is 11.8 Å². The SMILES string of the molecule is CCC1(C(=O)O)C(c2cccc(Cl)c2)C1c1ccnc(C2CC2)c1. The first kappa shape index (κ1) is 15.6. The summed E-state index contributed by atoms with van der Waals surface area (Å²) in [7, 11) is 0. The lowest BCUT2D eigenvalue weighted by Gasteiger charge is -2.10. The van der Waals surface area contributed by atoms with Crippen molar-refractivity contribution in [2.75, 3.05) is 0 Å². The standard InChI is InChI=1S/C20H20ClNO2/c1-2-20(19(23)24)17(13-4-3-5-15(21)10-13)18(20)14-8-9-22-16(11-14)12-6-7-12/h3-5,8-12,17-18H,2,6-7H2,1H3,(H,23,24). The van der Waals surface area contributed by atoms with Gasteiger partial charge in [-0.05, 0) is 54.7 Å². The lowest BCUT2D eigenvalue weighted by atomic mass is 9.94. The maximum absolute atomic E-state index is 12.1. The van der Waals surface area contributed by atoms with Crippen molar-refractivity contribution >= 4 is 17.6 Å². The fourth-order valence-corrected chi connectivity index (χ4v) is 4.44. The highest BCUT2D eigenvalue weighted by Crippen LogP contribution is 2.72. The number of rotatable bonds is 5. The fourth-order valence-electron chi connectivity index (χ4n) is 4.24. The van der Waals surface area contributed by atoms with Crippen molar-refractivity contribution in [3.63, 3.8) is 0 Å². The Hall–Kier alpha value is -1.87. The van der Waals surface area contributed by atoms with Crippen LogP contribution in [-0.4, -0.2) is 16.1 Å². The number of carbonyl (C=O) groups is 1. The van der Waals surface area contributed by atoms with Crippen molar-refractivity contribution in [1.82, 2.24) is 4.98 Å². The molecule has 4 rings (SSSR count). The molecule has 1 N–H and O–H groups in total. The zero-order chi connectivity index (χ0) is 16.9. The van der Waals surface area contributed by atoms with Crippen LogP contribution in [-0.2, 0) is 4.79 Å². The molecule has 0 bridgehead atoms. The number of pyridine rings is 1. The Morgan fingerprint density at radius 2 is 1.96 bits per heavy atom. The summed E-state index contributed by atoms with van der Waals surface area (Å²) in [5.41, 5.74) is 2.48. The Balaban J connectivity index is 1.77. The molecule has 0 amide bonds. The zero-order valence-electron chi connectivity index (χ0n) is 13.6. The highest BCUT2D eigenvalue weighted by molar-refractivity contribution is 6.30. The second-order valence-electron chi connectivity index (χ2n) is 7.00. The lowest BCUT2D eigenvalue weighted by Crippen LogP contribution is -2.17. The molecule has 4 heteroatoms. The maximum atomic E-state index is 12.1. The molecule has 0 spiro atoms. The van der Waals surface area contributed by atoms with Gasteiger partial charge < -0.3 is 5.11 Å². The molecule has 24 heavy (non-hydrogen) atoms. The van der Waals surface area contributed by atoms with E-state index in [2.05, 4.69) is 11.1 Å². The molecule has 1 aromatic heterocycles. The number of nitrogens with zero attached hydrogens (tertiary/aromatic N) is 1. The number of hydrogen-bond acceptors (Lipinski definition) is 2. The largest absolute Gasteiger partial charge is 0.481 e. The van der Waals surface area contributed by atoms with Gasteiger partial charge in [0.2, 0.25) is 0 Å². The highest BCUT2D eigenvalue weighted by Gasteiger charge is 2.69. The first-order valence-electron chi connectivity index (χ1n) is 8.52. The highest BCUT2D eigenvalue weighted by atomic mass is 35.5.